The molecule has 1 aromatic rings. The van der Waals surface area contributed by atoms with E-state index in [2.05, 4.69) is 0 Å². The van der Waals surface area contributed by atoms with Gasteiger partial charge in [0.1, 0.15) is 6.10 Å². The molecule has 3 nitrogen and oxygen atoms in total. The molecule has 0 radical (unpaired) electrons. The van der Waals surface area contributed by atoms with Crippen LogP contribution in [-0.2, 0) is 9.53 Å². The smallest absolute Gasteiger partial charge is 0.255 e. The first-order valence-corrected chi connectivity index (χ1v) is 5.06. The molecule has 1 amide bonds. The Morgan fingerprint density at radius 2 is 2.00 bits per heavy atom. The highest BCUT2D eigenvalue weighted by Gasteiger charge is 2.20. The number of rotatable bonds is 4. The highest BCUT2D eigenvalue weighted by Crippen LogP contribution is 2.13. The largest absolute Gasteiger partial charge is 0.372 e. The predicted molar refractivity (Wildman–Crippen MR) is 60.9 cm³/mol. The fourth-order valence-electron chi connectivity index (χ4n) is 1.44. The molecule has 0 aliphatic heterocycles. The molecular weight excluding hydrogens is 190 g/mol. The van der Waals surface area contributed by atoms with E-state index in [1.807, 2.05) is 37.3 Å². The van der Waals surface area contributed by atoms with E-state index in [9.17, 15) is 4.79 Å². The molecule has 0 spiro atoms. The Hall–Kier alpha value is -1.35. The zero-order valence-corrected chi connectivity index (χ0v) is 9.43. The Labute approximate surface area is 90.7 Å². The Bertz CT molecular complexity index is 307. The molecule has 0 fully saturated rings. The Balaban J connectivity index is 2.76. The molecule has 0 N–H and O–H groups in total. The molecular formula is C12H17NO2. The van der Waals surface area contributed by atoms with Gasteiger partial charge in [-0.25, -0.2) is 0 Å². The van der Waals surface area contributed by atoms with E-state index < -0.39 is 0 Å². The normalized spacial score (nSPS) is 12.2. The van der Waals surface area contributed by atoms with Crippen LogP contribution in [0.15, 0.2) is 30.3 Å². The third-order valence-electron chi connectivity index (χ3n) is 2.40. The van der Waals surface area contributed by atoms with E-state index >= 15 is 0 Å². The minimum absolute atomic E-state index is 0.00815. The quantitative estimate of drug-likeness (QED) is 0.756. The SMILES string of the molecule is CCC(OC)C(=O)N(C)c1ccccc1. The summed E-state index contributed by atoms with van der Waals surface area (Å²) in [6.45, 7) is 1.94. The van der Waals surface area contributed by atoms with E-state index in [0.717, 1.165) is 5.69 Å². The molecule has 0 aliphatic carbocycles. The van der Waals surface area contributed by atoms with Crippen molar-refractivity contribution in [3.63, 3.8) is 0 Å². The van der Waals surface area contributed by atoms with Gasteiger partial charge in [0.25, 0.3) is 5.91 Å². The van der Waals surface area contributed by atoms with E-state index in [0.29, 0.717) is 6.42 Å². The minimum atomic E-state index is -0.352. The third kappa shape index (κ3) is 2.80. The maximum atomic E-state index is 11.9. The molecule has 82 valence electrons. The lowest BCUT2D eigenvalue weighted by molar-refractivity contribution is -0.128. The van der Waals surface area contributed by atoms with Gasteiger partial charge in [-0.1, -0.05) is 25.1 Å². The fourth-order valence-corrected chi connectivity index (χ4v) is 1.44. The number of methoxy groups -OCH3 is 1. The maximum absolute atomic E-state index is 11.9. The summed E-state index contributed by atoms with van der Waals surface area (Å²) in [6.07, 6.45) is 0.335. The number of hydrogen-bond donors (Lipinski definition) is 0. The van der Waals surface area contributed by atoms with Crippen LogP contribution in [0.5, 0.6) is 0 Å². The number of ether oxygens (including phenoxy) is 1. The second-order valence-corrected chi connectivity index (χ2v) is 3.37. The second-order valence-electron chi connectivity index (χ2n) is 3.37. The summed E-state index contributed by atoms with van der Waals surface area (Å²) < 4.78 is 5.11. The van der Waals surface area contributed by atoms with Gasteiger partial charge < -0.3 is 9.64 Å². The number of carbonyl (C=O) groups excluding carboxylic acids is 1. The number of carbonyl (C=O) groups is 1. The third-order valence-corrected chi connectivity index (χ3v) is 2.40. The first-order chi connectivity index (χ1) is 7.20. The van der Waals surface area contributed by atoms with Crippen molar-refractivity contribution in [3.8, 4) is 0 Å². The highest BCUT2D eigenvalue weighted by molar-refractivity contribution is 5.95. The van der Waals surface area contributed by atoms with Crippen LogP contribution in [0.1, 0.15) is 13.3 Å². The molecule has 3 heteroatoms. The van der Waals surface area contributed by atoms with Gasteiger partial charge in [-0.2, -0.15) is 0 Å². The number of benzene rings is 1. The highest BCUT2D eigenvalue weighted by atomic mass is 16.5. The van der Waals surface area contributed by atoms with Crippen molar-refractivity contribution in [3.05, 3.63) is 30.3 Å². The molecule has 0 bridgehead atoms. The van der Waals surface area contributed by atoms with Crippen LogP contribution < -0.4 is 4.90 Å². The van der Waals surface area contributed by atoms with Crippen LogP contribution in [-0.4, -0.2) is 26.2 Å². The summed E-state index contributed by atoms with van der Waals surface area (Å²) in [6, 6.07) is 9.55. The number of nitrogens with zero attached hydrogens (tertiary/aromatic N) is 1. The van der Waals surface area contributed by atoms with E-state index in [-0.39, 0.29) is 12.0 Å². The van der Waals surface area contributed by atoms with Gasteiger partial charge in [-0.3, -0.25) is 4.79 Å². The van der Waals surface area contributed by atoms with Crippen molar-refractivity contribution in [1.29, 1.82) is 0 Å². The van der Waals surface area contributed by atoms with Gasteiger partial charge >= 0.3 is 0 Å². The molecule has 1 atom stereocenters. The summed E-state index contributed by atoms with van der Waals surface area (Å²) in [5, 5.41) is 0. The minimum Gasteiger partial charge on any atom is -0.372 e. The first kappa shape index (κ1) is 11.7. The lowest BCUT2D eigenvalue weighted by atomic mass is 10.2. The molecule has 0 aliphatic rings. The van der Waals surface area contributed by atoms with Crippen molar-refractivity contribution < 1.29 is 9.53 Å². The lowest BCUT2D eigenvalue weighted by Gasteiger charge is -2.22. The van der Waals surface area contributed by atoms with Gasteiger partial charge in [-0.05, 0) is 18.6 Å². The first-order valence-electron chi connectivity index (χ1n) is 5.06. The Kier molecular flexibility index (Phi) is 4.31. The van der Waals surface area contributed by atoms with E-state index in [1.165, 1.54) is 0 Å². The number of anilines is 1. The predicted octanol–water partition coefficient (Wildman–Crippen LogP) is 2.07. The van der Waals surface area contributed by atoms with Gasteiger partial charge in [-0.15, -0.1) is 0 Å². The monoisotopic (exact) mass is 207 g/mol. The molecule has 0 saturated heterocycles. The number of likely N-dealkylation sites (N-methyl/N-ethyl adjacent to an activating group) is 1. The van der Waals surface area contributed by atoms with Crippen LogP contribution in [0.3, 0.4) is 0 Å². The van der Waals surface area contributed by atoms with E-state index in [1.54, 1.807) is 19.1 Å². The average molecular weight is 207 g/mol. The zero-order chi connectivity index (χ0) is 11.3. The molecule has 0 heterocycles. The van der Waals surface area contributed by atoms with E-state index in [4.69, 9.17) is 4.74 Å². The Morgan fingerprint density at radius 3 is 2.47 bits per heavy atom. The lowest BCUT2D eigenvalue weighted by Crippen LogP contribution is -2.37. The molecule has 1 unspecified atom stereocenters. The maximum Gasteiger partial charge on any atom is 0.255 e. The van der Waals surface area contributed by atoms with Gasteiger partial charge in [0.15, 0.2) is 0 Å². The molecule has 0 saturated carbocycles. The molecule has 1 rings (SSSR count). The van der Waals surface area contributed by atoms with Crippen molar-refractivity contribution in [1.82, 2.24) is 0 Å². The summed E-state index contributed by atoms with van der Waals surface area (Å²) >= 11 is 0. The van der Waals surface area contributed by atoms with Crippen LogP contribution in [0.4, 0.5) is 5.69 Å². The van der Waals surface area contributed by atoms with Crippen molar-refractivity contribution in [2.45, 2.75) is 19.4 Å². The van der Waals surface area contributed by atoms with Crippen LogP contribution in [0.2, 0.25) is 0 Å². The topological polar surface area (TPSA) is 29.5 Å². The summed E-state index contributed by atoms with van der Waals surface area (Å²) in [5.41, 5.74) is 0.887. The van der Waals surface area contributed by atoms with Crippen LogP contribution in [0, 0.1) is 0 Å². The standard InChI is InChI=1S/C12H17NO2/c1-4-11(15-3)12(14)13(2)10-8-6-5-7-9-10/h5-9,11H,4H2,1-3H3. The molecule has 0 aromatic heterocycles. The number of para-hydroxylation sites is 1. The summed E-state index contributed by atoms with van der Waals surface area (Å²) in [4.78, 5) is 13.5. The van der Waals surface area contributed by atoms with Crippen molar-refractivity contribution in [2.75, 3.05) is 19.1 Å². The zero-order valence-electron chi connectivity index (χ0n) is 9.43. The van der Waals surface area contributed by atoms with Gasteiger partial charge in [0.05, 0.1) is 0 Å². The fraction of sp³-hybridized carbons (Fsp3) is 0.417. The number of amides is 1. The second kappa shape index (κ2) is 5.51. The van der Waals surface area contributed by atoms with Gasteiger partial charge in [0, 0.05) is 19.8 Å². The van der Waals surface area contributed by atoms with Gasteiger partial charge in [0.2, 0.25) is 0 Å². The van der Waals surface area contributed by atoms with Crippen LogP contribution >= 0.6 is 0 Å². The molecule has 15 heavy (non-hydrogen) atoms. The van der Waals surface area contributed by atoms with Crippen molar-refractivity contribution in [2.24, 2.45) is 0 Å². The summed E-state index contributed by atoms with van der Waals surface area (Å²) in [5.74, 6) is -0.00815. The summed E-state index contributed by atoms with van der Waals surface area (Å²) in [7, 11) is 3.32. The van der Waals surface area contributed by atoms with Crippen LogP contribution in [0.25, 0.3) is 0 Å². The average Bonchev–Trinajstić information content (AvgIpc) is 2.30. The Morgan fingerprint density at radius 1 is 1.40 bits per heavy atom. The van der Waals surface area contributed by atoms with Crippen molar-refractivity contribution >= 4 is 11.6 Å². The molecule has 1 aromatic carbocycles. The number of hydrogen-bond acceptors (Lipinski definition) is 2.